The van der Waals surface area contributed by atoms with Gasteiger partial charge in [0.25, 0.3) is 0 Å². The van der Waals surface area contributed by atoms with Gasteiger partial charge in [-0.1, -0.05) is 157 Å². The molecule has 280 valence electrons. The summed E-state index contributed by atoms with van der Waals surface area (Å²) in [5.41, 5.74) is 14.6. The molecule has 0 N–H and O–H groups in total. The third-order valence-electron chi connectivity index (χ3n) is 10.9. The smallest absolute Gasteiger partial charge is 0.145 e. The van der Waals surface area contributed by atoms with E-state index in [1.807, 2.05) is 0 Å². The van der Waals surface area contributed by atoms with Crippen molar-refractivity contribution in [2.75, 3.05) is 9.80 Å². The van der Waals surface area contributed by atoms with Crippen molar-refractivity contribution < 1.29 is 9.13 Å². The average Bonchev–Trinajstić information content (AvgIpc) is 3.74. The van der Waals surface area contributed by atoms with Gasteiger partial charge in [-0.2, -0.15) is 0 Å². The first-order valence-electron chi connectivity index (χ1n) is 19.6. The lowest BCUT2D eigenvalue weighted by atomic mass is 9.99. The third kappa shape index (κ3) is 7.42. The van der Waals surface area contributed by atoms with E-state index in [9.17, 15) is 0 Å². The molecule has 0 spiro atoms. The minimum atomic E-state index is -0.660. The molecule has 4 nitrogen and oxygen atoms in total. The number of hydrogen-bond acceptors (Lipinski definition) is 2. The highest BCUT2D eigenvalue weighted by Crippen LogP contribution is 2.54. The molecular weight excluding hydrogens is 700 g/mol. The Hall–Kier alpha value is -5.83. The first-order valence-corrected chi connectivity index (χ1v) is 21.0. The summed E-state index contributed by atoms with van der Waals surface area (Å²) in [4.78, 5) is 4.97. The Morgan fingerprint density at radius 2 is 0.893 bits per heavy atom. The molecule has 0 amide bonds. The summed E-state index contributed by atoms with van der Waals surface area (Å²) in [6.07, 6.45) is 5.31. The molecule has 9 rings (SSSR count). The minimum Gasteiger partial charge on any atom is -0.345 e. The molecule has 2 unspecified atom stereocenters. The molecule has 5 heteroatoms. The average molecular weight is 751 g/mol. The van der Waals surface area contributed by atoms with E-state index in [-0.39, 0.29) is 5.78 Å². The number of hydrogen-bond donors (Lipinski definition) is 0. The number of aryl methyl sites for hydroxylation is 6. The highest BCUT2D eigenvalue weighted by molar-refractivity contribution is 7.73. The summed E-state index contributed by atoms with van der Waals surface area (Å²) >= 11 is 0. The highest BCUT2D eigenvalue weighted by atomic mass is 31.1. The first-order chi connectivity index (χ1) is 27.3. The van der Waals surface area contributed by atoms with Crippen molar-refractivity contribution in [2.24, 2.45) is 0 Å². The van der Waals surface area contributed by atoms with Gasteiger partial charge in [-0.25, -0.2) is 0 Å². The monoisotopic (exact) mass is 750 g/mol. The van der Waals surface area contributed by atoms with Gasteiger partial charge in [-0.3, -0.25) is 0 Å². The van der Waals surface area contributed by atoms with E-state index in [0.29, 0.717) is 6.04 Å². The zero-order chi connectivity index (χ0) is 38.8. The van der Waals surface area contributed by atoms with Crippen LogP contribution >= 0.6 is 7.92 Å². The summed E-state index contributed by atoms with van der Waals surface area (Å²) in [6, 6.07) is 55.3. The summed E-state index contributed by atoms with van der Waals surface area (Å²) in [5, 5.41) is 2.79. The van der Waals surface area contributed by atoms with Crippen molar-refractivity contribution in [2.45, 2.75) is 59.8 Å². The highest BCUT2D eigenvalue weighted by Gasteiger charge is 2.39. The van der Waals surface area contributed by atoms with Gasteiger partial charge in [0.15, 0.2) is 0 Å². The van der Waals surface area contributed by atoms with Crippen LogP contribution in [0.2, 0.25) is 0 Å². The van der Waals surface area contributed by atoms with Crippen LogP contribution in [0.25, 0.3) is 0 Å². The molecule has 2 aliphatic heterocycles. The van der Waals surface area contributed by atoms with Crippen molar-refractivity contribution in [1.82, 2.24) is 0 Å². The van der Waals surface area contributed by atoms with Crippen LogP contribution in [0.15, 0.2) is 164 Å². The van der Waals surface area contributed by atoms with E-state index in [1.165, 1.54) is 72.3 Å². The van der Waals surface area contributed by atoms with Crippen molar-refractivity contribution >= 4 is 29.9 Å². The second-order valence-corrected chi connectivity index (χ2v) is 17.5. The standard InChI is InChI=1S/C28H27N2P.C23H24N2/c1-21-18-22(2)27(23(3)19-21)30-20-29-17-11-10-16-26(29)28(30)31(24-12-6-4-7-13-24)25-14-8-5-9-15-25;1-17-13-18(2)23(19(3)14-17)25-16-24-12-8-7-11-21(24)22(25)15-20-9-5-4-6-10-20/h4-20,28H,1-3H3;4-14,16,22H,15H2,1-3H3. The van der Waals surface area contributed by atoms with E-state index >= 15 is 0 Å². The molecule has 0 saturated carbocycles. The van der Waals surface area contributed by atoms with Crippen LogP contribution in [0.1, 0.15) is 62.2 Å². The Morgan fingerprint density at radius 3 is 1.41 bits per heavy atom. The number of pyridine rings is 2. The fraction of sp³-hybridized carbons (Fsp3) is 0.176. The van der Waals surface area contributed by atoms with Crippen molar-refractivity contribution in [3.8, 4) is 0 Å². The van der Waals surface area contributed by atoms with E-state index in [1.54, 1.807) is 0 Å². The van der Waals surface area contributed by atoms with Gasteiger partial charge >= 0.3 is 0 Å². The van der Waals surface area contributed by atoms with Crippen molar-refractivity contribution in [3.63, 3.8) is 0 Å². The topological polar surface area (TPSA) is 14.2 Å². The number of aromatic nitrogens is 2. The van der Waals surface area contributed by atoms with Crippen LogP contribution in [0, 0.1) is 54.9 Å². The number of anilines is 2. The van der Waals surface area contributed by atoms with E-state index in [2.05, 4.69) is 238 Å². The predicted molar refractivity (Wildman–Crippen MR) is 234 cm³/mol. The Morgan fingerprint density at radius 1 is 0.482 bits per heavy atom. The van der Waals surface area contributed by atoms with Gasteiger partial charge in [0.05, 0.1) is 24.2 Å². The lowest BCUT2D eigenvalue weighted by Gasteiger charge is -2.35. The van der Waals surface area contributed by atoms with Crippen LogP contribution in [-0.4, -0.2) is 0 Å². The number of rotatable bonds is 7. The summed E-state index contributed by atoms with van der Waals surface area (Å²) in [7, 11) is -0.660. The van der Waals surface area contributed by atoms with E-state index in [0.717, 1.165) is 6.42 Å². The summed E-state index contributed by atoms with van der Waals surface area (Å²) < 4.78 is 4.55. The van der Waals surface area contributed by atoms with Crippen LogP contribution < -0.4 is 29.5 Å². The predicted octanol–water partition coefficient (Wildman–Crippen LogP) is 10.2. The molecule has 0 fully saturated rings. The maximum absolute atomic E-state index is 2.52. The van der Waals surface area contributed by atoms with Gasteiger partial charge in [0.2, 0.25) is 0 Å². The lowest BCUT2D eigenvalue weighted by molar-refractivity contribution is -0.630. The zero-order valence-corrected chi connectivity index (χ0v) is 34.2. The lowest BCUT2D eigenvalue weighted by Crippen LogP contribution is -2.33. The molecule has 2 aliphatic rings. The Balaban J connectivity index is 0.000000161. The molecule has 2 atom stereocenters. The Kier molecular flexibility index (Phi) is 10.7. The fourth-order valence-electron chi connectivity index (χ4n) is 8.81. The molecule has 0 aliphatic carbocycles. The SMILES string of the molecule is Cc1cc(C)c(N2[CH-][n+]3ccccc3C2Cc2ccccc2)c(C)c1.Cc1cc(C)c(N2[CH-][n+]3ccccc3C2P(c2ccccc2)c2ccccc2)c(C)c1. The molecule has 0 radical (unpaired) electrons. The largest absolute Gasteiger partial charge is 0.345 e. The molecular formula is C51H51N4P. The Labute approximate surface area is 335 Å². The van der Waals surface area contributed by atoms with Crippen LogP contribution in [0.5, 0.6) is 0 Å². The fourth-order valence-corrected chi connectivity index (χ4v) is 11.6. The van der Waals surface area contributed by atoms with Gasteiger partial charge in [0.1, 0.15) is 24.7 Å². The first kappa shape index (κ1) is 37.1. The van der Waals surface area contributed by atoms with Gasteiger partial charge in [-0.15, -0.1) is 0 Å². The summed E-state index contributed by atoms with van der Waals surface area (Å²) in [6.45, 7) is 17.8. The van der Waals surface area contributed by atoms with Crippen molar-refractivity contribution in [1.29, 1.82) is 0 Å². The number of benzene rings is 5. The summed E-state index contributed by atoms with van der Waals surface area (Å²) in [5.74, 6) is 0.223. The molecule has 4 heterocycles. The molecule has 5 aromatic carbocycles. The third-order valence-corrected chi connectivity index (χ3v) is 13.6. The normalized spacial score (nSPS) is 15.4. The molecule has 2 aromatic heterocycles. The van der Waals surface area contributed by atoms with E-state index < -0.39 is 7.92 Å². The van der Waals surface area contributed by atoms with Gasteiger partial charge in [-0.05, 0) is 100 Å². The molecule has 7 aromatic rings. The van der Waals surface area contributed by atoms with Gasteiger partial charge in [0, 0.05) is 11.4 Å². The van der Waals surface area contributed by atoms with Crippen molar-refractivity contribution in [3.05, 3.63) is 228 Å². The zero-order valence-electron chi connectivity index (χ0n) is 33.3. The van der Waals surface area contributed by atoms with E-state index in [4.69, 9.17) is 0 Å². The molecule has 0 bridgehead atoms. The van der Waals surface area contributed by atoms with Crippen LogP contribution in [-0.2, 0) is 6.42 Å². The molecule has 56 heavy (non-hydrogen) atoms. The second kappa shape index (κ2) is 16.1. The number of nitrogens with zero attached hydrogens (tertiary/aromatic N) is 4. The molecule has 0 saturated heterocycles. The maximum atomic E-state index is 2.52. The second-order valence-electron chi connectivity index (χ2n) is 15.2. The minimum absolute atomic E-state index is 0.223. The van der Waals surface area contributed by atoms with Crippen LogP contribution in [0.4, 0.5) is 11.4 Å². The maximum Gasteiger partial charge on any atom is 0.145 e. The Bertz CT molecular complexity index is 2360. The van der Waals surface area contributed by atoms with Gasteiger partial charge < -0.3 is 18.9 Å². The quantitative estimate of drug-likeness (QED) is 0.0915. The number of fused-ring (bicyclic) bond motifs is 2. The van der Waals surface area contributed by atoms with Crippen LogP contribution in [0.3, 0.4) is 0 Å².